The highest BCUT2D eigenvalue weighted by molar-refractivity contribution is 5.81. The second-order valence-electron chi connectivity index (χ2n) is 7.32. The van der Waals surface area contributed by atoms with E-state index in [1.54, 1.807) is 0 Å². The molecule has 0 bridgehead atoms. The molecule has 0 saturated carbocycles. The summed E-state index contributed by atoms with van der Waals surface area (Å²) < 4.78 is 1.99. The van der Waals surface area contributed by atoms with Gasteiger partial charge in [0, 0.05) is 6.04 Å². The van der Waals surface area contributed by atoms with Gasteiger partial charge in [0.25, 0.3) is 5.56 Å². The van der Waals surface area contributed by atoms with E-state index in [1.807, 2.05) is 42.7 Å². The van der Waals surface area contributed by atoms with Crippen molar-refractivity contribution in [1.82, 2.24) is 19.5 Å². The van der Waals surface area contributed by atoms with Crippen LogP contribution in [0.5, 0.6) is 0 Å². The Bertz CT molecular complexity index is 1240. The maximum Gasteiger partial charge on any atom is 0.349 e. The molecule has 2 aromatic carbocycles. The van der Waals surface area contributed by atoms with Crippen LogP contribution in [0.4, 0.5) is 0 Å². The number of aryl methyl sites for hydroxylation is 3. The Kier molecular flexibility index (Phi) is 4.55. The fourth-order valence-electron chi connectivity index (χ4n) is 3.60. The summed E-state index contributed by atoms with van der Waals surface area (Å²) in [5.41, 5.74) is 4.15. The molecule has 0 radical (unpaired) electrons. The largest absolute Gasteiger partial charge is 0.349 e. The lowest BCUT2D eigenvalue weighted by molar-refractivity contribution is 0.516. The summed E-state index contributed by atoms with van der Waals surface area (Å²) in [5.74, 6) is 0.338. The number of fused-ring (bicyclic) bond motifs is 2. The Hall–Kier alpha value is -3.28. The number of nitrogens with one attached hydrogen (secondary N) is 1. The molecule has 1 unspecified atom stereocenters. The summed E-state index contributed by atoms with van der Waals surface area (Å²) in [6.45, 7) is 6.15. The molecule has 28 heavy (non-hydrogen) atoms. The topological polar surface area (TPSA) is 80.6 Å². The first-order chi connectivity index (χ1) is 13.4. The molecule has 0 aliphatic carbocycles. The van der Waals surface area contributed by atoms with Crippen LogP contribution in [0.3, 0.4) is 0 Å². The Morgan fingerprint density at radius 1 is 1.04 bits per heavy atom. The van der Waals surface area contributed by atoms with E-state index in [1.165, 1.54) is 5.56 Å². The van der Waals surface area contributed by atoms with E-state index in [4.69, 9.17) is 0 Å². The molecule has 0 spiro atoms. The zero-order valence-corrected chi connectivity index (χ0v) is 16.2. The minimum Gasteiger partial charge on any atom is -0.319 e. The molecule has 6 heteroatoms. The molecule has 2 heterocycles. The van der Waals surface area contributed by atoms with Gasteiger partial charge in [-0.25, -0.2) is 9.78 Å². The number of hydrogen-bond acceptors (Lipinski definition) is 4. The molecule has 0 amide bonds. The van der Waals surface area contributed by atoms with Crippen molar-refractivity contribution in [2.75, 3.05) is 0 Å². The summed E-state index contributed by atoms with van der Waals surface area (Å²) in [6.07, 6.45) is 1.73. The highest BCUT2D eigenvalue weighted by Crippen LogP contribution is 2.29. The third-order valence-corrected chi connectivity index (χ3v) is 5.30. The van der Waals surface area contributed by atoms with E-state index in [2.05, 4.69) is 40.1 Å². The highest BCUT2D eigenvalue weighted by atomic mass is 16.2. The van der Waals surface area contributed by atoms with Crippen LogP contribution in [0.2, 0.25) is 0 Å². The van der Waals surface area contributed by atoms with Crippen molar-refractivity contribution in [1.29, 1.82) is 0 Å². The van der Waals surface area contributed by atoms with Crippen LogP contribution >= 0.6 is 0 Å². The summed E-state index contributed by atoms with van der Waals surface area (Å²) in [5, 5.41) is 0. The average molecular weight is 374 g/mol. The fourth-order valence-corrected chi connectivity index (χ4v) is 3.60. The number of H-pyrrole nitrogens is 1. The molecule has 0 aromatic heterocycles. The van der Waals surface area contributed by atoms with E-state index in [0.717, 1.165) is 35.0 Å². The number of aromatic nitrogens is 4. The number of hydrogen-bond donors (Lipinski definition) is 1. The van der Waals surface area contributed by atoms with Crippen LogP contribution in [-0.4, -0.2) is 19.5 Å². The van der Waals surface area contributed by atoms with Gasteiger partial charge >= 0.3 is 5.69 Å². The van der Waals surface area contributed by atoms with Gasteiger partial charge in [-0.3, -0.25) is 9.78 Å². The van der Waals surface area contributed by atoms with Gasteiger partial charge in [0.05, 0.1) is 11.0 Å². The van der Waals surface area contributed by atoms with Gasteiger partial charge in [0.2, 0.25) is 0 Å². The molecular formula is C22H22N4O2. The molecule has 142 valence electrons. The van der Waals surface area contributed by atoms with Crippen LogP contribution in [0.1, 0.15) is 36.1 Å². The highest BCUT2D eigenvalue weighted by Gasteiger charge is 2.22. The molecule has 1 N–H and O–H groups in total. The molecular weight excluding hydrogens is 352 g/mol. The SMILES string of the molecule is Cc1cc2nc3c(=O)[nH]c(=O)nc-3n(C(C)CCc3ccccc3)c2cc1C. The lowest BCUT2D eigenvalue weighted by atomic mass is 10.0. The summed E-state index contributed by atoms with van der Waals surface area (Å²) >= 11 is 0. The number of nitrogens with zero attached hydrogens (tertiary/aromatic N) is 3. The van der Waals surface area contributed by atoms with Crippen LogP contribution in [0.15, 0.2) is 52.1 Å². The lowest BCUT2D eigenvalue weighted by Gasteiger charge is -2.23. The Labute approximate surface area is 162 Å². The third-order valence-electron chi connectivity index (χ3n) is 5.30. The predicted molar refractivity (Wildman–Crippen MR) is 110 cm³/mol. The number of benzene rings is 2. The van der Waals surface area contributed by atoms with Crippen molar-refractivity contribution in [3.8, 4) is 11.5 Å². The Balaban J connectivity index is 1.91. The van der Waals surface area contributed by atoms with Gasteiger partial charge in [-0.1, -0.05) is 30.3 Å². The smallest absolute Gasteiger partial charge is 0.319 e. The first-order valence-electron chi connectivity index (χ1n) is 9.41. The summed E-state index contributed by atoms with van der Waals surface area (Å²) in [6, 6.07) is 14.3. The van der Waals surface area contributed by atoms with Crippen molar-refractivity contribution >= 4 is 11.0 Å². The minimum atomic E-state index is -0.647. The van der Waals surface area contributed by atoms with E-state index in [0.29, 0.717) is 5.82 Å². The molecule has 2 aromatic rings. The molecule has 1 atom stereocenters. The molecule has 4 rings (SSSR count). The van der Waals surface area contributed by atoms with E-state index < -0.39 is 11.2 Å². The van der Waals surface area contributed by atoms with Gasteiger partial charge in [-0.15, -0.1) is 0 Å². The van der Waals surface area contributed by atoms with Crippen molar-refractivity contribution in [3.63, 3.8) is 0 Å². The number of aromatic amines is 1. The van der Waals surface area contributed by atoms with Crippen LogP contribution in [0, 0.1) is 13.8 Å². The minimum absolute atomic E-state index is 0.0315. The van der Waals surface area contributed by atoms with E-state index >= 15 is 0 Å². The maximum atomic E-state index is 12.4. The van der Waals surface area contributed by atoms with Crippen LogP contribution in [-0.2, 0) is 6.42 Å². The average Bonchev–Trinajstić information content (AvgIpc) is 2.67. The molecule has 0 fully saturated rings. The van der Waals surface area contributed by atoms with Crippen LogP contribution in [0.25, 0.3) is 22.6 Å². The number of rotatable bonds is 4. The van der Waals surface area contributed by atoms with Crippen LogP contribution < -0.4 is 11.2 Å². The van der Waals surface area contributed by atoms with Gasteiger partial charge in [-0.2, -0.15) is 4.98 Å². The second-order valence-corrected chi connectivity index (χ2v) is 7.32. The van der Waals surface area contributed by atoms with Crippen molar-refractivity contribution in [2.24, 2.45) is 0 Å². The Morgan fingerprint density at radius 3 is 2.50 bits per heavy atom. The second kappa shape index (κ2) is 7.03. The van der Waals surface area contributed by atoms with Gasteiger partial charge in [-0.05, 0) is 62.4 Å². The Morgan fingerprint density at radius 2 is 1.75 bits per heavy atom. The predicted octanol–water partition coefficient (Wildman–Crippen LogP) is 3.40. The third kappa shape index (κ3) is 3.22. The van der Waals surface area contributed by atoms with Crippen molar-refractivity contribution in [3.05, 3.63) is 80.0 Å². The first-order valence-corrected chi connectivity index (χ1v) is 9.41. The summed E-state index contributed by atoms with van der Waals surface area (Å²) in [7, 11) is 0. The first kappa shape index (κ1) is 18.1. The quantitative estimate of drug-likeness (QED) is 0.555. The maximum absolute atomic E-state index is 12.4. The zero-order chi connectivity index (χ0) is 19.8. The zero-order valence-electron chi connectivity index (χ0n) is 16.2. The monoisotopic (exact) mass is 374 g/mol. The van der Waals surface area contributed by atoms with E-state index in [9.17, 15) is 9.59 Å². The standard InChI is InChI=1S/C22H22N4O2/c1-13-11-17-18(12-14(13)2)26(15(3)9-10-16-7-5-4-6-8-16)20-19(23-17)21(27)25-22(28)24-20/h4-8,11-12,15H,9-10H2,1-3H3,(H,25,27,28). The van der Waals surface area contributed by atoms with Gasteiger partial charge in [0.1, 0.15) is 0 Å². The lowest BCUT2D eigenvalue weighted by Crippen LogP contribution is -2.29. The van der Waals surface area contributed by atoms with Gasteiger partial charge < -0.3 is 4.57 Å². The molecule has 6 nitrogen and oxygen atoms in total. The molecule has 2 aliphatic heterocycles. The summed E-state index contributed by atoms with van der Waals surface area (Å²) in [4.78, 5) is 35.1. The van der Waals surface area contributed by atoms with E-state index in [-0.39, 0.29) is 11.7 Å². The molecule has 0 saturated heterocycles. The van der Waals surface area contributed by atoms with Gasteiger partial charge in [0.15, 0.2) is 11.5 Å². The fraction of sp³-hybridized carbons (Fsp3) is 0.273. The van der Waals surface area contributed by atoms with Crippen molar-refractivity contribution in [2.45, 2.75) is 39.7 Å². The van der Waals surface area contributed by atoms with Crippen molar-refractivity contribution < 1.29 is 0 Å². The molecule has 2 aliphatic rings. The normalized spacial score (nSPS) is 12.5.